The van der Waals surface area contributed by atoms with E-state index in [1.807, 2.05) is 36.7 Å². The zero-order valence-electron chi connectivity index (χ0n) is 29.2. The first kappa shape index (κ1) is 32.3. The van der Waals surface area contributed by atoms with Crippen molar-refractivity contribution in [3.8, 4) is 0 Å². The highest BCUT2D eigenvalue weighted by Crippen LogP contribution is 3.00. The third-order valence-corrected chi connectivity index (χ3v) is 14.6. The third kappa shape index (κ3) is 4.06. The molecule has 48 heavy (non-hydrogen) atoms. The summed E-state index contributed by atoms with van der Waals surface area (Å²) < 4.78 is 7.44. The lowest BCUT2D eigenvalue weighted by atomic mass is 9.35. The standard InChI is InChI=1S/C41H53N3O4/c1-5-6-11-28-18-31(23-44(21-29-12-7-9-16-42-29)22-30-13-8-10-17-43-30)48-36(28)39-20-32-27(4)14-15-33(32)38(25-45)24-40(39)35(39)19-34(26(2)3)41(38,40)37(46)47/h7-10,12-13,16-17,19,25-28,31-33,35-36H,5-6,11,14-15,18,20-24H2,1-4H3,(H,46,47)/t27-,28-,31-,32-,33-,35?,36-,38?,39?,40?,41?/m1/s1. The van der Waals surface area contributed by atoms with Gasteiger partial charge in [0.25, 0.3) is 0 Å². The zero-order chi connectivity index (χ0) is 33.5. The first-order valence-corrected chi connectivity index (χ1v) is 18.8. The molecule has 0 radical (unpaired) electrons. The van der Waals surface area contributed by atoms with Crippen LogP contribution in [0.2, 0.25) is 0 Å². The Morgan fingerprint density at radius 2 is 1.81 bits per heavy atom. The number of unbranched alkanes of at least 4 members (excludes halogenated alkanes) is 1. The summed E-state index contributed by atoms with van der Waals surface area (Å²) in [4.78, 5) is 39.3. The predicted molar refractivity (Wildman–Crippen MR) is 183 cm³/mol. The molecule has 5 saturated carbocycles. The monoisotopic (exact) mass is 651 g/mol. The first-order valence-electron chi connectivity index (χ1n) is 18.8. The van der Waals surface area contributed by atoms with Crippen LogP contribution in [0, 0.1) is 57.2 Å². The van der Waals surface area contributed by atoms with E-state index in [1.54, 1.807) is 0 Å². The molecule has 0 aromatic carbocycles. The van der Waals surface area contributed by atoms with Crippen LogP contribution in [0.15, 0.2) is 60.4 Å². The van der Waals surface area contributed by atoms with Gasteiger partial charge in [-0.15, -0.1) is 0 Å². The summed E-state index contributed by atoms with van der Waals surface area (Å²) >= 11 is 0. The fraction of sp³-hybridized carbons (Fsp3) is 0.659. The number of allylic oxidation sites excluding steroid dienone is 1. The molecule has 3 heterocycles. The van der Waals surface area contributed by atoms with Crippen LogP contribution in [-0.4, -0.2) is 51.0 Å². The van der Waals surface area contributed by atoms with Gasteiger partial charge in [-0.1, -0.05) is 70.7 Å². The average Bonchev–Trinajstić information content (AvgIpc) is 3.30. The van der Waals surface area contributed by atoms with Crippen LogP contribution in [-0.2, 0) is 27.4 Å². The fourth-order valence-electron chi connectivity index (χ4n) is 13.1. The third-order valence-electron chi connectivity index (χ3n) is 14.6. The topological polar surface area (TPSA) is 92.6 Å². The quantitative estimate of drug-likeness (QED) is 0.179. The Bertz CT molecular complexity index is 1540. The Labute approximate surface area is 286 Å². The molecule has 2 aromatic heterocycles. The van der Waals surface area contributed by atoms with Crippen LogP contribution >= 0.6 is 0 Å². The summed E-state index contributed by atoms with van der Waals surface area (Å²) in [7, 11) is 0. The van der Waals surface area contributed by atoms with E-state index in [-0.39, 0.29) is 35.4 Å². The summed E-state index contributed by atoms with van der Waals surface area (Å²) in [5, 5.41) is 11.5. The highest BCUT2D eigenvalue weighted by Gasteiger charge is 3.01. The highest BCUT2D eigenvalue weighted by atomic mass is 16.5. The van der Waals surface area contributed by atoms with E-state index < -0.39 is 22.2 Å². The number of pyridine rings is 2. The van der Waals surface area contributed by atoms with Gasteiger partial charge in [-0.3, -0.25) is 19.7 Å². The summed E-state index contributed by atoms with van der Waals surface area (Å²) in [6, 6.07) is 12.2. The molecule has 11 atom stereocenters. The van der Waals surface area contributed by atoms with E-state index in [2.05, 4.69) is 60.8 Å². The van der Waals surface area contributed by atoms with E-state index in [0.29, 0.717) is 30.8 Å². The van der Waals surface area contributed by atoms with E-state index >= 15 is 0 Å². The van der Waals surface area contributed by atoms with Gasteiger partial charge in [-0.25, -0.2) is 0 Å². The second-order valence-corrected chi connectivity index (χ2v) is 16.8. The number of ether oxygens (including phenoxy) is 1. The van der Waals surface area contributed by atoms with Crippen LogP contribution in [0.5, 0.6) is 0 Å². The van der Waals surface area contributed by atoms with Crippen molar-refractivity contribution in [1.29, 1.82) is 0 Å². The normalized spacial score (nSPS) is 41.8. The van der Waals surface area contributed by atoms with Crippen molar-refractivity contribution in [2.24, 2.45) is 57.2 Å². The molecule has 6 aliphatic carbocycles. The fourth-order valence-corrected chi connectivity index (χ4v) is 13.1. The van der Waals surface area contributed by atoms with E-state index in [9.17, 15) is 14.7 Å². The molecular formula is C41H53N3O4. The van der Waals surface area contributed by atoms with Crippen LogP contribution in [0.25, 0.3) is 0 Å². The second-order valence-electron chi connectivity index (χ2n) is 16.8. The van der Waals surface area contributed by atoms with E-state index in [0.717, 1.165) is 81.2 Å². The van der Waals surface area contributed by atoms with Gasteiger partial charge >= 0.3 is 5.97 Å². The van der Waals surface area contributed by atoms with Crippen molar-refractivity contribution in [1.82, 2.24) is 14.9 Å². The molecular weight excluding hydrogens is 598 g/mol. The zero-order valence-corrected chi connectivity index (χ0v) is 29.2. The van der Waals surface area contributed by atoms with Crippen molar-refractivity contribution in [3.05, 3.63) is 71.8 Å². The average molecular weight is 652 g/mol. The maximum absolute atomic E-state index is 14.0. The second kappa shape index (κ2) is 11.6. The minimum absolute atomic E-state index is 0.00508. The van der Waals surface area contributed by atoms with Crippen molar-refractivity contribution in [2.45, 2.75) is 104 Å². The molecule has 6 fully saturated rings. The summed E-state index contributed by atoms with van der Waals surface area (Å²) in [6.45, 7) is 11.1. The molecule has 1 N–H and O–H groups in total. The van der Waals surface area contributed by atoms with Crippen LogP contribution < -0.4 is 0 Å². The van der Waals surface area contributed by atoms with E-state index in [1.165, 1.54) is 0 Å². The van der Waals surface area contributed by atoms with Crippen molar-refractivity contribution >= 4 is 12.3 Å². The number of hydrogen-bond donors (Lipinski definition) is 1. The largest absolute Gasteiger partial charge is 0.481 e. The van der Waals surface area contributed by atoms with Gasteiger partial charge in [-0.05, 0) is 91.9 Å². The number of rotatable bonds is 13. The van der Waals surface area contributed by atoms with Gasteiger partial charge in [0, 0.05) is 42.9 Å². The lowest BCUT2D eigenvalue weighted by Crippen LogP contribution is -2.69. The molecule has 2 aromatic rings. The molecule has 256 valence electrons. The lowest BCUT2D eigenvalue weighted by Gasteiger charge is -2.64. The van der Waals surface area contributed by atoms with Crippen molar-refractivity contribution in [2.75, 3.05) is 6.54 Å². The van der Waals surface area contributed by atoms with Gasteiger partial charge in [0.2, 0.25) is 0 Å². The number of carbonyl (C=O) groups is 2. The number of hydrogen-bond acceptors (Lipinski definition) is 6. The highest BCUT2D eigenvalue weighted by molar-refractivity contribution is 5.94. The minimum Gasteiger partial charge on any atom is -0.481 e. The number of aldehydes is 1. The van der Waals surface area contributed by atoms with Gasteiger partial charge in [0.1, 0.15) is 11.7 Å². The SMILES string of the molecule is CCCC[C@@H]1C[C@H](CN(Cc2ccccn2)Cc2ccccn2)O[C@H]1C12C[C@@H]3[C@H](C)CC[C@H]3C3(C=O)CC14C2C=C(C(C)C)C34C(=O)O. The molecule has 5 unspecified atom stereocenters. The van der Waals surface area contributed by atoms with Gasteiger partial charge < -0.3 is 14.6 Å². The van der Waals surface area contributed by atoms with E-state index in [4.69, 9.17) is 4.74 Å². The molecule has 7 nitrogen and oxygen atoms in total. The first-order chi connectivity index (χ1) is 23.2. The smallest absolute Gasteiger partial charge is 0.315 e. The minimum atomic E-state index is -1.11. The van der Waals surface area contributed by atoms with Crippen molar-refractivity contribution in [3.63, 3.8) is 0 Å². The molecule has 1 aliphatic heterocycles. The molecule has 1 spiro atoms. The number of nitrogens with zero attached hydrogens (tertiary/aromatic N) is 3. The Hall–Kier alpha value is -2.90. The lowest BCUT2D eigenvalue weighted by molar-refractivity contribution is -0.208. The summed E-state index contributed by atoms with van der Waals surface area (Å²) in [5.74, 6) is 0.889. The summed E-state index contributed by atoms with van der Waals surface area (Å²) in [5.41, 5.74) is 0.534. The number of aromatic nitrogens is 2. The number of carboxylic acids is 1. The van der Waals surface area contributed by atoms with Gasteiger partial charge in [0.05, 0.1) is 29.0 Å². The Kier molecular flexibility index (Phi) is 7.80. The van der Waals surface area contributed by atoms with Crippen LogP contribution in [0.3, 0.4) is 0 Å². The molecule has 7 heteroatoms. The Balaban J connectivity index is 1.18. The van der Waals surface area contributed by atoms with Crippen molar-refractivity contribution < 1.29 is 19.4 Å². The van der Waals surface area contributed by atoms with Gasteiger partial charge in [-0.2, -0.15) is 0 Å². The molecule has 0 amide bonds. The van der Waals surface area contributed by atoms with Crippen LogP contribution in [0.4, 0.5) is 0 Å². The maximum atomic E-state index is 14.0. The number of aliphatic carboxylic acids is 1. The number of carboxylic acid groups (broad SMARTS) is 1. The predicted octanol–water partition coefficient (Wildman–Crippen LogP) is 7.37. The Morgan fingerprint density at radius 1 is 1.10 bits per heavy atom. The Morgan fingerprint density at radius 3 is 2.40 bits per heavy atom. The number of carbonyl (C=O) groups excluding carboxylic acids is 1. The molecule has 9 rings (SSSR count). The summed E-state index contributed by atoms with van der Waals surface area (Å²) in [6.07, 6.45) is 15.4. The molecule has 7 aliphatic rings. The van der Waals surface area contributed by atoms with Gasteiger partial charge in [0.15, 0.2) is 0 Å². The molecule has 1 saturated heterocycles. The maximum Gasteiger partial charge on any atom is 0.315 e. The van der Waals surface area contributed by atoms with Crippen LogP contribution in [0.1, 0.15) is 90.4 Å². The molecule has 2 bridgehead atoms.